The lowest BCUT2D eigenvalue weighted by Crippen LogP contribution is -2.41. The van der Waals surface area contributed by atoms with Crippen LogP contribution in [0.5, 0.6) is 0 Å². The van der Waals surface area contributed by atoms with E-state index >= 15 is 0 Å². The van der Waals surface area contributed by atoms with Crippen molar-refractivity contribution in [3.05, 3.63) is 64.6 Å². The summed E-state index contributed by atoms with van der Waals surface area (Å²) in [4.78, 5) is 13.7. The van der Waals surface area contributed by atoms with Crippen molar-refractivity contribution in [3.63, 3.8) is 0 Å². The first kappa shape index (κ1) is 17.4. The third kappa shape index (κ3) is 3.65. The number of nitrogens with one attached hydrogen (secondary N) is 2. The average Bonchev–Trinajstić information content (AvgIpc) is 2.98. The van der Waals surface area contributed by atoms with Gasteiger partial charge >= 0.3 is 5.91 Å². The number of hydrazine groups is 1. The molecule has 0 spiro atoms. The summed E-state index contributed by atoms with van der Waals surface area (Å²) in [5.74, 6) is -1.60. The van der Waals surface area contributed by atoms with Crippen molar-refractivity contribution in [1.82, 2.24) is 10.3 Å². The molecule has 0 aliphatic heterocycles. The van der Waals surface area contributed by atoms with Gasteiger partial charge in [-0.25, -0.2) is 12.8 Å². The number of hydrogen-bond acceptors (Lipinski definition) is 4. The summed E-state index contributed by atoms with van der Waals surface area (Å²) in [6.07, 6.45) is 0. The Labute approximate surface area is 147 Å². The quantitative estimate of drug-likeness (QED) is 0.678. The Morgan fingerprint density at radius 2 is 1.92 bits per heavy atom. The summed E-state index contributed by atoms with van der Waals surface area (Å²) >= 11 is 5.86. The van der Waals surface area contributed by atoms with E-state index in [9.17, 15) is 17.6 Å². The molecule has 0 fully saturated rings. The number of fused-ring (bicyclic) bond motifs is 1. The maximum absolute atomic E-state index is 13.3. The molecule has 3 aromatic rings. The van der Waals surface area contributed by atoms with Gasteiger partial charge in [0.1, 0.15) is 11.4 Å². The molecule has 0 aliphatic carbocycles. The Kier molecular flexibility index (Phi) is 4.51. The minimum atomic E-state index is -4.14. The number of furan rings is 1. The van der Waals surface area contributed by atoms with Crippen LogP contribution in [0.4, 0.5) is 4.39 Å². The predicted octanol–water partition coefficient (Wildman–Crippen LogP) is 3.16. The van der Waals surface area contributed by atoms with Crippen LogP contribution in [0.15, 0.2) is 51.8 Å². The lowest BCUT2D eigenvalue weighted by molar-refractivity contribution is 0.0919. The van der Waals surface area contributed by atoms with Crippen molar-refractivity contribution in [2.24, 2.45) is 0 Å². The van der Waals surface area contributed by atoms with Gasteiger partial charge in [0.25, 0.3) is 10.0 Å². The molecule has 1 aromatic heterocycles. The van der Waals surface area contributed by atoms with Gasteiger partial charge in [0, 0.05) is 10.4 Å². The molecular formula is C16H12ClFN2O4S. The van der Waals surface area contributed by atoms with Crippen LogP contribution in [0.3, 0.4) is 0 Å². The predicted molar refractivity (Wildman–Crippen MR) is 90.1 cm³/mol. The number of halogens is 2. The van der Waals surface area contributed by atoms with Gasteiger partial charge in [-0.3, -0.25) is 10.2 Å². The van der Waals surface area contributed by atoms with Gasteiger partial charge in [0.15, 0.2) is 5.76 Å². The number of carbonyl (C=O) groups is 1. The van der Waals surface area contributed by atoms with Gasteiger partial charge in [-0.15, -0.1) is 4.83 Å². The molecule has 3 rings (SSSR count). The van der Waals surface area contributed by atoms with Crippen molar-refractivity contribution in [1.29, 1.82) is 0 Å². The molecule has 0 bridgehead atoms. The first-order valence-electron chi connectivity index (χ1n) is 7.04. The van der Waals surface area contributed by atoms with Crippen LogP contribution < -0.4 is 10.3 Å². The minimum Gasteiger partial charge on any atom is -0.451 e. The third-order valence-electron chi connectivity index (χ3n) is 3.44. The largest absolute Gasteiger partial charge is 0.451 e. The first-order valence-corrected chi connectivity index (χ1v) is 8.90. The van der Waals surface area contributed by atoms with Crippen molar-refractivity contribution in [3.8, 4) is 0 Å². The van der Waals surface area contributed by atoms with Crippen LogP contribution in [0, 0.1) is 12.7 Å². The van der Waals surface area contributed by atoms with Crippen LogP contribution in [0.1, 0.15) is 16.1 Å². The smallest absolute Gasteiger partial charge is 0.301 e. The Morgan fingerprint density at radius 1 is 1.16 bits per heavy atom. The van der Waals surface area contributed by atoms with Gasteiger partial charge in [-0.1, -0.05) is 17.7 Å². The normalized spacial score (nSPS) is 11.6. The fourth-order valence-corrected chi connectivity index (χ4v) is 3.50. The molecular weight excluding hydrogens is 371 g/mol. The highest BCUT2D eigenvalue weighted by Crippen LogP contribution is 2.23. The monoisotopic (exact) mass is 382 g/mol. The van der Waals surface area contributed by atoms with E-state index < -0.39 is 21.7 Å². The Bertz CT molecular complexity index is 1080. The van der Waals surface area contributed by atoms with E-state index in [4.69, 9.17) is 16.0 Å². The number of hydrogen-bond donors (Lipinski definition) is 2. The van der Waals surface area contributed by atoms with E-state index in [0.717, 1.165) is 12.1 Å². The van der Waals surface area contributed by atoms with E-state index in [1.807, 2.05) is 10.3 Å². The minimum absolute atomic E-state index is 0.101. The fourth-order valence-electron chi connectivity index (χ4n) is 2.22. The molecule has 0 unspecified atom stereocenters. The number of amides is 1. The lowest BCUT2D eigenvalue weighted by atomic mass is 10.2. The van der Waals surface area contributed by atoms with Crippen molar-refractivity contribution in [2.45, 2.75) is 11.8 Å². The van der Waals surface area contributed by atoms with Crippen molar-refractivity contribution in [2.75, 3.05) is 0 Å². The van der Waals surface area contributed by atoms with E-state index in [1.165, 1.54) is 19.1 Å². The highest BCUT2D eigenvalue weighted by molar-refractivity contribution is 7.89. The molecule has 0 saturated heterocycles. The van der Waals surface area contributed by atoms with Crippen LogP contribution in [0.2, 0.25) is 5.02 Å². The highest BCUT2D eigenvalue weighted by Gasteiger charge is 2.20. The second-order valence-electron chi connectivity index (χ2n) is 5.26. The Balaban J connectivity index is 1.79. The maximum Gasteiger partial charge on any atom is 0.301 e. The lowest BCUT2D eigenvalue weighted by Gasteiger charge is -2.09. The molecule has 2 aromatic carbocycles. The molecule has 25 heavy (non-hydrogen) atoms. The topological polar surface area (TPSA) is 88.4 Å². The van der Waals surface area contributed by atoms with Gasteiger partial charge in [0.2, 0.25) is 0 Å². The number of aryl methyl sites for hydroxylation is 1. The zero-order valence-corrected chi connectivity index (χ0v) is 14.4. The van der Waals surface area contributed by atoms with Gasteiger partial charge < -0.3 is 4.42 Å². The summed E-state index contributed by atoms with van der Waals surface area (Å²) in [6.45, 7) is 1.51. The summed E-state index contributed by atoms with van der Waals surface area (Å²) in [5.41, 5.74) is 2.80. The van der Waals surface area contributed by atoms with E-state index in [1.54, 1.807) is 18.2 Å². The SMILES string of the molecule is Cc1ccc(F)cc1S(=O)(=O)NNC(=O)c1cc2cc(Cl)ccc2o1. The molecule has 9 heteroatoms. The maximum atomic E-state index is 13.3. The summed E-state index contributed by atoms with van der Waals surface area (Å²) in [7, 11) is -4.14. The van der Waals surface area contributed by atoms with Crippen LogP contribution in [0.25, 0.3) is 11.0 Å². The summed E-state index contributed by atoms with van der Waals surface area (Å²) in [6, 6.07) is 9.57. The molecule has 1 amide bonds. The summed E-state index contributed by atoms with van der Waals surface area (Å²) in [5, 5.41) is 1.07. The summed E-state index contributed by atoms with van der Waals surface area (Å²) < 4.78 is 43.1. The standard InChI is InChI=1S/C16H12ClFN2O4S/c1-9-2-4-12(18)8-15(9)25(22,23)20-19-16(21)14-7-10-6-11(17)3-5-13(10)24-14/h2-8,20H,1H3,(H,19,21). The molecule has 2 N–H and O–H groups in total. The van der Waals surface area contributed by atoms with E-state index in [0.29, 0.717) is 21.6 Å². The number of rotatable bonds is 4. The van der Waals surface area contributed by atoms with Gasteiger partial charge in [0.05, 0.1) is 4.90 Å². The van der Waals surface area contributed by atoms with Crippen molar-refractivity contribution < 1.29 is 22.0 Å². The third-order valence-corrected chi connectivity index (χ3v) is 5.07. The first-order chi connectivity index (χ1) is 11.8. The molecule has 0 saturated carbocycles. The number of carbonyl (C=O) groups excluding carboxylic acids is 1. The molecule has 0 aliphatic rings. The van der Waals surface area contributed by atoms with Crippen LogP contribution in [-0.4, -0.2) is 14.3 Å². The Hall–Kier alpha value is -2.42. The number of sulfonamides is 1. The number of benzene rings is 2. The molecule has 0 radical (unpaired) electrons. The van der Waals surface area contributed by atoms with E-state index in [2.05, 4.69) is 0 Å². The Morgan fingerprint density at radius 3 is 2.68 bits per heavy atom. The fraction of sp³-hybridized carbons (Fsp3) is 0.0625. The average molecular weight is 383 g/mol. The molecule has 1 heterocycles. The second-order valence-corrected chi connectivity index (χ2v) is 7.35. The zero-order valence-electron chi connectivity index (χ0n) is 12.8. The van der Waals surface area contributed by atoms with Crippen LogP contribution >= 0.6 is 11.6 Å². The second kappa shape index (κ2) is 6.47. The molecule has 6 nitrogen and oxygen atoms in total. The van der Waals surface area contributed by atoms with Crippen molar-refractivity contribution >= 4 is 38.5 Å². The van der Waals surface area contributed by atoms with E-state index in [-0.39, 0.29) is 10.7 Å². The molecule has 0 atom stereocenters. The molecule has 130 valence electrons. The van der Waals surface area contributed by atoms with Gasteiger partial charge in [-0.05, 0) is 48.9 Å². The van der Waals surface area contributed by atoms with Crippen LogP contribution in [-0.2, 0) is 10.0 Å². The van der Waals surface area contributed by atoms with Gasteiger partial charge in [-0.2, -0.15) is 0 Å². The zero-order chi connectivity index (χ0) is 18.2. The highest BCUT2D eigenvalue weighted by atomic mass is 35.5.